The summed E-state index contributed by atoms with van der Waals surface area (Å²) < 4.78 is 40.1. The molecule has 8 heteroatoms. The van der Waals surface area contributed by atoms with Crippen LogP contribution in [-0.4, -0.2) is 28.5 Å². The van der Waals surface area contributed by atoms with E-state index in [0.29, 0.717) is 38.2 Å². The SMILES string of the molecule is O=C1CCCN1c1nc(C(F)(F)F)n2c1CNCC2. The number of amides is 1. The van der Waals surface area contributed by atoms with Crippen LogP contribution in [0.4, 0.5) is 19.0 Å². The molecule has 1 fully saturated rings. The Labute approximate surface area is 107 Å². The van der Waals surface area contributed by atoms with Crippen LogP contribution in [0, 0.1) is 0 Å². The van der Waals surface area contributed by atoms with E-state index in [0.717, 1.165) is 0 Å². The van der Waals surface area contributed by atoms with Crippen LogP contribution in [0.1, 0.15) is 24.4 Å². The van der Waals surface area contributed by atoms with Crippen molar-refractivity contribution in [2.24, 2.45) is 0 Å². The van der Waals surface area contributed by atoms with E-state index in [1.54, 1.807) is 0 Å². The first kappa shape index (κ1) is 12.5. The Hall–Kier alpha value is -1.57. The highest BCUT2D eigenvalue weighted by molar-refractivity contribution is 5.95. The first-order valence-corrected chi connectivity index (χ1v) is 6.16. The van der Waals surface area contributed by atoms with Gasteiger partial charge in [0.25, 0.3) is 0 Å². The highest BCUT2D eigenvalue weighted by Crippen LogP contribution is 2.35. The summed E-state index contributed by atoms with van der Waals surface area (Å²) in [6, 6.07) is 0. The predicted octanol–water partition coefficient (Wildman–Crippen LogP) is 1.13. The van der Waals surface area contributed by atoms with Gasteiger partial charge in [-0.25, -0.2) is 4.98 Å². The third-order valence-corrected chi connectivity index (χ3v) is 3.44. The lowest BCUT2D eigenvalue weighted by molar-refractivity contribution is -0.147. The van der Waals surface area contributed by atoms with Crippen molar-refractivity contribution in [3.63, 3.8) is 0 Å². The number of alkyl halides is 3. The lowest BCUT2D eigenvalue weighted by Gasteiger charge is -2.21. The molecule has 1 aromatic heterocycles. The van der Waals surface area contributed by atoms with Crippen molar-refractivity contribution in [3.8, 4) is 0 Å². The molecule has 3 heterocycles. The maximum absolute atomic E-state index is 13.0. The second kappa shape index (κ2) is 4.22. The molecule has 0 radical (unpaired) electrons. The van der Waals surface area contributed by atoms with E-state index in [4.69, 9.17) is 0 Å². The van der Waals surface area contributed by atoms with Gasteiger partial charge >= 0.3 is 6.18 Å². The molecule has 104 valence electrons. The van der Waals surface area contributed by atoms with Gasteiger partial charge in [0.2, 0.25) is 11.7 Å². The fraction of sp³-hybridized carbons (Fsp3) is 0.636. The van der Waals surface area contributed by atoms with E-state index in [-0.39, 0.29) is 18.3 Å². The van der Waals surface area contributed by atoms with Crippen LogP contribution in [0.3, 0.4) is 0 Å². The molecule has 1 N–H and O–H groups in total. The molecule has 2 aliphatic heterocycles. The summed E-state index contributed by atoms with van der Waals surface area (Å²) in [6.45, 7) is 1.45. The summed E-state index contributed by atoms with van der Waals surface area (Å²) in [5.74, 6) is -0.888. The molecule has 1 aromatic rings. The van der Waals surface area contributed by atoms with Gasteiger partial charge in [-0.05, 0) is 6.42 Å². The van der Waals surface area contributed by atoms with Crippen LogP contribution in [0.2, 0.25) is 0 Å². The van der Waals surface area contributed by atoms with Crippen LogP contribution < -0.4 is 10.2 Å². The second-order valence-electron chi connectivity index (χ2n) is 4.68. The normalized spacial score (nSPS) is 19.9. The van der Waals surface area contributed by atoms with Gasteiger partial charge in [-0.2, -0.15) is 13.2 Å². The van der Waals surface area contributed by atoms with Crippen molar-refractivity contribution in [1.82, 2.24) is 14.9 Å². The van der Waals surface area contributed by atoms with Crippen molar-refractivity contribution in [2.75, 3.05) is 18.0 Å². The van der Waals surface area contributed by atoms with Crippen LogP contribution in [0.5, 0.6) is 0 Å². The minimum absolute atomic E-state index is 0.153. The number of fused-ring (bicyclic) bond motifs is 1. The van der Waals surface area contributed by atoms with E-state index in [1.807, 2.05) is 0 Å². The topological polar surface area (TPSA) is 50.2 Å². The highest BCUT2D eigenvalue weighted by Gasteiger charge is 2.41. The number of carbonyl (C=O) groups is 1. The second-order valence-corrected chi connectivity index (χ2v) is 4.68. The summed E-state index contributed by atoms with van der Waals surface area (Å²) in [4.78, 5) is 16.8. The van der Waals surface area contributed by atoms with Crippen molar-refractivity contribution in [2.45, 2.75) is 32.1 Å². The number of rotatable bonds is 1. The predicted molar refractivity (Wildman–Crippen MR) is 60.5 cm³/mol. The van der Waals surface area contributed by atoms with E-state index in [2.05, 4.69) is 10.3 Å². The van der Waals surface area contributed by atoms with Gasteiger partial charge in [0, 0.05) is 32.6 Å². The summed E-state index contributed by atoms with van der Waals surface area (Å²) in [7, 11) is 0. The Kier molecular flexibility index (Phi) is 2.77. The number of halogens is 3. The molecule has 0 aromatic carbocycles. The van der Waals surface area contributed by atoms with Crippen LogP contribution >= 0.6 is 0 Å². The Morgan fingerprint density at radius 3 is 2.68 bits per heavy atom. The van der Waals surface area contributed by atoms with Gasteiger partial charge in [-0.15, -0.1) is 0 Å². The summed E-state index contributed by atoms with van der Waals surface area (Å²) in [6.07, 6.45) is -3.45. The number of nitrogens with one attached hydrogen (secondary N) is 1. The Balaban J connectivity index is 2.10. The third-order valence-electron chi connectivity index (χ3n) is 3.44. The van der Waals surface area contributed by atoms with Crippen molar-refractivity contribution < 1.29 is 18.0 Å². The fourth-order valence-electron chi connectivity index (χ4n) is 2.59. The number of hydrogen-bond donors (Lipinski definition) is 1. The number of hydrogen-bond acceptors (Lipinski definition) is 3. The number of imidazole rings is 1. The molecule has 0 aliphatic carbocycles. The third kappa shape index (κ3) is 1.99. The largest absolute Gasteiger partial charge is 0.449 e. The molecular formula is C11H13F3N4O. The van der Waals surface area contributed by atoms with E-state index in [1.165, 1.54) is 9.47 Å². The molecule has 0 unspecified atom stereocenters. The molecular weight excluding hydrogens is 261 g/mol. The standard InChI is InChI=1S/C11H13F3N4O/c12-11(13,14)10-16-9(18-4-1-2-8(18)19)7-6-15-3-5-17(7)10/h15H,1-6H2. The molecule has 0 bridgehead atoms. The first-order chi connectivity index (χ1) is 8.98. The monoisotopic (exact) mass is 274 g/mol. The number of aromatic nitrogens is 2. The molecule has 0 spiro atoms. The van der Waals surface area contributed by atoms with Crippen LogP contribution in [-0.2, 0) is 24.1 Å². The van der Waals surface area contributed by atoms with Gasteiger partial charge in [-0.1, -0.05) is 0 Å². The zero-order valence-electron chi connectivity index (χ0n) is 10.1. The fourth-order valence-corrected chi connectivity index (χ4v) is 2.59. The maximum Gasteiger partial charge on any atom is 0.449 e. The molecule has 0 atom stereocenters. The van der Waals surface area contributed by atoms with Gasteiger partial charge in [0.1, 0.15) is 0 Å². The number of anilines is 1. The first-order valence-electron chi connectivity index (χ1n) is 6.16. The minimum Gasteiger partial charge on any atom is -0.320 e. The van der Waals surface area contributed by atoms with Gasteiger partial charge < -0.3 is 9.88 Å². The Morgan fingerprint density at radius 1 is 1.26 bits per heavy atom. The van der Waals surface area contributed by atoms with E-state index >= 15 is 0 Å². The van der Waals surface area contributed by atoms with E-state index < -0.39 is 12.0 Å². The zero-order valence-corrected chi connectivity index (χ0v) is 10.1. The van der Waals surface area contributed by atoms with Crippen LogP contribution in [0.25, 0.3) is 0 Å². The summed E-state index contributed by atoms with van der Waals surface area (Å²) in [5, 5.41) is 3.02. The molecule has 5 nitrogen and oxygen atoms in total. The molecule has 2 aliphatic rings. The molecule has 19 heavy (non-hydrogen) atoms. The van der Waals surface area contributed by atoms with Crippen molar-refractivity contribution >= 4 is 11.7 Å². The maximum atomic E-state index is 13.0. The van der Waals surface area contributed by atoms with Gasteiger partial charge in [0.15, 0.2) is 5.82 Å². The number of nitrogens with zero attached hydrogens (tertiary/aromatic N) is 3. The number of carbonyl (C=O) groups excluding carboxylic acids is 1. The summed E-state index contributed by atoms with van der Waals surface area (Å²) >= 11 is 0. The molecule has 3 rings (SSSR count). The molecule has 1 amide bonds. The van der Waals surface area contributed by atoms with Gasteiger partial charge in [0.05, 0.1) is 5.69 Å². The zero-order chi connectivity index (χ0) is 13.6. The average Bonchev–Trinajstić information content (AvgIpc) is 2.91. The van der Waals surface area contributed by atoms with Crippen LogP contribution in [0.15, 0.2) is 0 Å². The van der Waals surface area contributed by atoms with Crippen molar-refractivity contribution in [1.29, 1.82) is 0 Å². The smallest absolute Gasteiger partial charge is 0.320 e. The Bertz CT molecular complexity index is 523. The molecule has 0 saturated carbocycles. The summed E-state index contributed by atoms with van der Waals surface area (Å²) in [5.41, 5.74) is 0.453. The van der Waals surface area contributed by atoms with E-state index in [9.17, 15) is 18.0 Å². The minimum atomic E-state index is -4.49. The quantitative estimate of drug-likeness (QED) is 0.835. The average molecular weight is 274 g/mol. The molecule has 1 saturated heterocycles. The highest BCUT2D eigenvalue weighted by atomic mass is 19.4. The van der Waals surface area contributed by atoms with Gasteiger partial charge in [-0.3, -0.25) is 9.69 Å². The van der Waals surface area contributed by atoms with Crippen molar-refractivity contribution in [3.05, 3.63) is 11.5 Å². The Morgan fingerprint density at radius 2 is 2.05 bits per heavy atom. The lowest BCUT2D eigenvalue weighted by atomic mass is 10.3. The lowest BCUT2D eigenvalue weighted by Crippen LogP contribution is -2.32.